The predicted molar refractivity (Wildman–Crippen MR) is 204 cm³/mol. The molecule has 0 aliphatic carbocycles. The van der Waals surface area contributed by atoms with Crippen molar-refractivity contribution in [3.8, 4) is 22.3 Å². The number of benzene rings is 4. The standard InChI is InChI=1S/2C16H13.2C6H13.Si.Zr/c2*1-12-10-14-8-5-9-15(16(14)11-12)13-6-3-2-4-7-13;2*1-3-5-6-4-2;;/h2*2-11H,1H3;2*1,3-6H2,2H3;;/q4*-1;;. The normalized spacial score (nSPS) is 9.93. The first-order chi connectivity index (χ1) is 22.5. The van der Waals surface area contributed by atoms with Crippen molar-refractivity contribution in [3.05, 3.63) is 146 Å². The molecule has 0 spiro atoms. The molecule has 0 atom stereocenters. The first-order valence-electron chi connectivity index (χ1n) is 16.8. The van der Waals surface area contributed by atoms with Crippen LogP contribution in [0.1, 0.15) is 76.3 Å². The summed E-state index contributed by atoms with van der Waals surface area (Å²) < 4.78 is 0. The van der Waals surface area contributed by atoms with E-state index in [1.54, 1.807) is 0 Å². The summed E-state index contributed by atoms with van der Waals surface area (Å²) in [6.07, 6.45) is 10.1. The Kier molecular flexibility index (Phi) is 20.1. The van der Waals surface area contributed by atoms with Crippen LogP contribution in [0.2, 0.25) is 0 Å². The number of aryl methyl sites for hydroxylation is 2. The number of fused-ring (bicyclic) bond motifs is 2. The summed E-state index contributed by atoms with van der Waals surface area (Å²) in [6.45, 7) is 19.2. The number of unbranched alkanes of at least 4 members (excludes halogenated alkanes) is 6. The molecule has 46 heavy (non-hydrogen) atoms. The van der Waals surface area contributed by atoms with Gasteiger partial charge in [0, 0.05) is 0 Å². The fourth-order valence-electron chi connectivity index (χ4n) is 5.36. The Morgan fingerprint density at radius 2 is 0.891 bits per heavy atom. The summed E-state index contributed by atoms with van der Waals surface area (Å²) in [7, 11) is 0. The fraction of sp³-hybridized carbons (Fsp3) is 0.273. The van der Waals surface area contributed by atoms with Crippen molar-refractivity contribution >= 4 is 28.4 Å². The molecule has 0 fully saturated rings. The molecule has 0 amide bonds. The van der Waals surface area contributed by atoms with Crippen molar-refractivity contribution in [1.82, 2.24) is 0 Å². The van der Waals surface area contributed by atoms with Crippen LogP contribution in [0.3, 0.4) is 0 Å². The van der Waals surface area contributed by atoms with Crippen molar-refractivity contribution < 1.29 is 23.3 Å². The molecular formula is C44H52SiZr-4. The Balaban J connectivity index is 0.000000231. The van der Waals surface area contributed by atoms with E-state index in [0.717, 1.165) is 12.8 Å². The Labute approximate surface area is 297 Å². The van der Waals surface area contributed by atoms with E-state index in [-0.39, 0.29) is 0 Å². The van der Waals surface area contributed by atoms with Crippen LogP contribution >= 0.6 is 0 Å². The quantitative estimate of drug-likeness (QED) is 0.0843. The molecule has 0 aliphatic heterocycles. The van der Waals surface area contributed by atoms with E-state index in [0.29, 0.717) is 0 Å². The van der Waals surface area contributed by atoms with E-state index in [1.807, 2.05) is 0 Å². The van der Waals surface area contributed by atoms with Gasteiger partial charge in [0.25, 0.3) is 0 Å². The van der Waals surface area contributed by atoms with Crippen LogP contribution in [0.15, 0.2) is 121 Å². The zero-order valence-electron chi connectivity index (χ0n) is 28.6. The van der Waals surface area contributed by atoms with Crippen LogP contribution in [-0.4, -0.2) is 6.88 Å². The zero-order valence-corrected chi connectivity index (χ0v) is 32.1. The molecule has 0 N–H and O–H groups in total. The summed E-state index contributed by atoms with van der Waals surface area (Å²) in [5, 5.41) is 5.37. The molecule has 0 heterocycles. The topological polar surface area (TPSA) is 0 Å². The van der Waals surface area contributed by atoms with Crippen LogP contribution in [0.5, 0.6) is 0 Å². The molecule has 240 valence electrons. The molecule has 0 unspecified atom stereocenters. The van der Waals surface area contributed by atoms with Gasteiger partial charge in [-0.25, -0.2) is 0 Å². The second-order valence-electron chi connectivity index (χ2n) is 11.5. The van der Waals surface area contributed by atoms with Crippen molar-refractivity contribution in [2.45, 2.75) is 79.1 Å². The number of rotatable bonds is 8. The van der Waals surface area contributed by atoms with E-state index in [2.05, 4.69) is 170 Å². The average Bonchev–Trinajstić information content (AvgIpc) is 3.69. The van der Waals surface area contributed by atoms with E-state index in [9.17, 15) is 0 Å². The van der Waals surface area contributed by atoms with Crippen LogP contribution in [0.25, 0.3) is 43.8 Å². The third-order valence-electron chi connectivity index (χ3n) is 7.67. The van der Waals surface area contributed by atoms with Crippen LogP contribution in [0.4, 0.5) is 0 Å². The van der Waals surface area contributed by atoms with Gasteiger partial charge in [-0.15, -0.1) is 69.1 Å². The van der Waals surface area contributed by atoms with Crippen LogP contribution in [0, 0.1) is 27.7 Å². The predicted octanol–water partition coefficient (Wildman–Crippen LogP) is 13.5. The van der Waals surface area contributed by atoms with Gasteiger partial charge in [-0.2, -0.15) is 25.0 Å². The van der Waals surface area contributed by atoms with E-state index in [1.165, 1.54) is 117 Å². The van der Waals surface area contributed by atoms with Crippen LogP contribution in [-0.2, 0) is 23.3 Å². The molecule has 0 nitrogen and oxygen atoms in total. The molecule has 2 heteroatoms. The maximum absolute atomic E-state index is 3.72. The average molecular weight is 700 g/mol. The summed E-state index contributed by atoms with van der Waals surface area (Å²) in [5.41, 5.74) is 7.89. The molecule has 0 aliphatic rings. The van der Waals surface area contributed by atoms with E-state index < -0.39 is 0 Å². The minimum atomic E-state index is 1.10. The molecule has 0 saturated carbocycles. The van der Waals surface area contributed by atoms with Crippen molar-refractivity contribution in [2.24, 2.45) is 0 Å². The van der Waals surface area contributed by atoms with Gasteiger partial charge in [0.05, 0.1) is 0 Å². The van der Waals surface area contributed by atoms with Crippen molar-refractivity contribution in [3.63, 3.8) is 0 Å². The van der Waals surface area contributed by atoms with Crippen molar-refractivity contribution in [1.29, 1.82) is 0 Å². The molecular weight excluding hydrogens is 648 g/mol. The van der Waals surface area contributed by atoms with E-state index in [4.69, 9.17) is 0 Å². The van der Waals surface area contributed by atoms with Gasteiger partial charge < -0.3 is 13.8 Å². The monoisotopic (exact) mass is 698 g/mol. The molecule has 6 aromatic carbocycles. The first kappa shape index (κ1) is 39.4. The third kappa shape index (κ3) is 13.1. The summed E-state index contributed by atoms with van der Waals surface area (Å²) in [4.78, 5) is 0. The second-order valence-corrected chi connectivity index (χ2v) is 11.5. The van der Waals surface area contributed by atoms with Gasteiger partial charge in [-0.1, -0.05) is 150 Å². The Morgan fingerprint density at radius 3 is 1.20 bits per heavy atom. The molecule has 0 saturated heterocycles. The van der Waals surface area contributed by atoms with Gasteiger partial charge in [-0.05, 0) is 11.1 Å². The van der Waals surface area contributed by atoms with Gasteiger partial charge in [0.2, 0.25) is 0 Å². The van der Waals surface area contributed by atoms with E-state index >= 15 is 0 Å². The summed E-state index contributed by atoms with van der Waals surface area (Å²) in [6, 6.07) is 43.1. The summed E-state index contributed by atoms with van der Waals surface area (Å²) in [5.74, 6) is 0. The number of hydrogen-bond donors (Lipinski definition) is 0. The molecule has 6 aromatic rings. The van der Waals surface area contributed by atoms with Gasteiger partial charge >= 0.3 is 30.2 Å². The summed E-state index contributed by atoms with van der Waals surface area (Å²) >= 11 is 1.36. The third-order valence-corrected chi connectivity index (χ3v) is 7.67. The SMILES string of the molecule is Cc1cc2c(-c3ccccc3)cccc2[cH-]1.Cc1cc2c(-c3ccccc3)cccc2[cH-]1.[CH2-]CCCCC.[CH2-]CCCCC.[Si]=[Zr]. The van der Waals surface area contributed by atoms with Crippen LogP contribution < -0.4 is 0 Å². The van der Waals surface area contributed by atoms with Gasteiger partial charge in [0.15, 0.2) is 0 Å². The Hall–Kier alpha value is -2.80. The molecule has 0 bridgehead atoms. The van der Waals surface area contributed by atoms with Gasteiger partial charge in [0.1, 0.15) is 0 Å². The molecule has 0 aromatic heterocycles. The van der Waals surface area contributed by atoms with Gasteiger partial charge in [-0.3, -0.25) is 0 Å². The van der Waals surface area contributed by atoms with Crippen molar-refractivity contribution in [2.75, 3.05) is 0 Å². The number of hydrogen-bond acceptors (Lipinski definition) is 0. The first-order valence-corrected chi connectivity index (χ1v) is 21.0. The maximum atomic E-state index is 3.72. The zero-order chi connectivity index (χ0) is 33.6. The Morgan fingerprint density at radius 1 is 0.522 bits per heavy atom. The fourth-order valence-corrected chi connectivity index (χ4v) is 5.36. The second kappa shape index (κ2) is 23.5. The Bertz CT molecular complexity index is 1490. The minimum absolute atomic E-state index is 1.10. The molecule has 6 rings (SSSR count). The molecule has 2 radical (unpaired) electrons.